The molecule has 6 heteroatoms. The van der Waals surface area contributed by atoms with Gasteiger partial charge in [0.05, 0.1) is 17.7 Å². The maximum absolute atomic E-state index is 12.8. The van der Waals surface area contributed by atoms with Crippen LogP contribution in [0.5, 0.6) is 5.75 Å². The fourth-order valence-corrected chi connectivity index (χ4v) is 3.52. The summed E-state index contributed by atoms with van der Waals surface area (Å²) in [6.45, 7) is 6.58. The Balaban J connectivity index is 0.00000280. The molecule has 0 saturated heterocycles. The van der Waals surface area contributed by atoms with E-state index in [2.05, 4.69) is 4.57 Å². The van der Waals surface area contributed by atoms with Gasteiger partial charge in [-0.2, -0.15) is 0 Å². The van der Waals surface area contributed by atoms with Crippen molar-refractivity contribution in [2.75, 3.05) is 20.7 Å². The van der Waals surface area contributed by atoms with Crippen LogP contribution in [0.15, 0.2) is 36.4 Å². The number of phenols is 1. The van der Waals surface area contributed by atoms with Crippen LogP contribution in [-0.4, -0.2) is 41.2 Å². The lowest BCUT2D eigenvalue weighted by Crippen LogP contribution is -2.12. The highest BCUT2D eigenvalue weighted by Crippen LogP contribution is 2.36. The van der Waals surface area contributed by atoms with Gasteiger partial charge in [-0.15, -0.1) is 12.4 Å². The van der Waals surface area contributed by atoms with Crippen LogP contribution < -0.4 is 0 Å². The maximum Gasteiger partial charge on any atom is 0.340 e. The van der Waals surface area contributed by atoms with Crippen molar-refractivity contribution in [2.45, 2.75) is 27.3 Å². The fourth-order valence-electron chi connectivity index (χ4n) is 3.52. The molecule has 2 aromatic carbocycles. The van der Waals surface area contributed by atoms with Crippen LogP contribution in [0.25, 0.3) is 16.6 Å². The standard InChI is InChI=1S/C22H26N2O3.ClH/c1-6-27-22(26)20-15(3)24(16-9-7-14(2)8-10-16)18-11-12-19(25)17(21(18)20)13-23(4)5;/h7-12,25H,6,13H2,1-5H3;1H. The van der Waals surface area contributed by atoms with Gasteiger partial charge in [0.25, 0.3) is 0 Å². The molecule has 0 radical (unpaired) electrons. The average molecular weight is 403 g/mol. The molecule has 3 rings (SSSR count). The Morgan fingerprint density at radius 3 is 2.32 bits per heavy atom. The number of esters is 1. The average Bonchev–Trinajstić information content (AvgIpc) is 2.91. The van der Waals surface area contributed by atoms with Crippen LogP contribution in [0.1, 0.15) is 34.1 Å². The summed E-state index contributed by atoms with van der Waals surface area (Å²) in [7, 11) is 3.87. The molecule has 0 spiro atoms. The van der Waals surface area contributed by atoms with Gasteiger partial charge in [0, 0.05) is 28.9 Å². The number of fused-ring (bicyclic) bond motifs is 1. The lowest BCUT2D eigenvalue weighted by Gasteiger charge is -2.14. The fraction of sp³-hybridized carbons (Fsp3) is 0.318. The van der Waals surface area contributed by atoms with Crippen LogP contribution >= 0.6 is 12.4 Å². The van der Waals surface area contributed by atoms with E-state index < -0.39 is 0 Å². The lowest BCUT2D eigenvalue weighted by atomic mass is 10.0. The molecule has 0 aliphatic heterocycles. The van der Waals surface area contributed by atoms with Crippen molar-refractivity contribution in [3.05, 3.63) is 58.8 Å². The quantitative estimate of drug-likeness (QED) is 0.633. The molecular weight excluding hydrogens is 376 g/mol. The molecule has 0 aliphatic carbocycles. The van der Waals surface area contributed by atoms with Crippen molar-refractivity contribution in [1.29, 1.82) is 0 Å². The number of rotatable bonds is 5. The molecule has 1 heterocycles. The first kappa shape index (κ1) is 21.8. The first-order valence-electron chi connectivity index (χ1n) is 9.09. The molecule has 1 aromatic heterocycles. The largest absolute Gasteiger partial charge is 0.508 e. The third-order valence-electron chi connectivity index (χ3n) is 4.70. The Hall–Kier alpha value is -2.50. The van der Waals surface area contributed by atoms with E-state index in [1.807, 2.05) is 63.2 Å². The van der Waals surface area contributed by atoms with Crippen LogP contribution in [-0.2, 0) is 11.3 Å². The predicted molar refractivity (Wildman–Crippen MR) is 115 cm³/mol. The molecule has 0 saturated carbocycles. The van der Waals surface area contributed by atoms with Crippen molar-refractivity contribution in [2.24, 2.45) is 0 Å². The van der Waals surface area contributed by atoms with Crippen molar-refractivity contribution < 1.29 is 14.6 Å². The Morgan fingerprint density at radius 1 is 1.11 bits per heavy atom. The van der Waals surface area contributed by atoms with E-state index in [9.17, 15) is 9.90 Å². The number of phenolic OH excluding ortho intramolecular Hbond substituents is 1. The number of aromatic nitrogens is 1. The monoisotopic (exact) mass is 402 g/mol. The third kappa shape index (κ3) is 3.86. The van der Waals surface area contributed by atoms with Gasteiger partial charge in [-0.1, -0.05) is 17.7 Å². The van der Waals surface area contributed by atoms with E-state index >= 15 is 0 Å². The predicted octanol–water partition coefficient (Wildman–Crippen LogP) is 4.61. The molecule has 0 atom stereocenters. The van der Waals surface area contributed by atoms with Crippen LogP contribution in [0.2, 0.25) is 0 Å². The maximum atomic E-state index is 12.8. The van der Waals surface area contributed by atoms with Gasteiger partial charge in [-0.05, 0) is 59.1 Å². The van der Waals surface area contributed by atoms with Crippen LogP contribution in [0.4, 0.5) is 0 Å². The summed E-state index contributed by atoms with van der Waals surface area (Å²) in [6, 6.07) is 11.7. The number of aromatic hydroxyl groups is 1. The van der Waals surface area contributed by atoms with Gasteiger partial charge in [0.2, 0.25) is 0 Å². The number of carbonyl (C=O) groups is 1. The Kier molecular flexibility index (Phi) is 6.75. The summed E-state index contributed by atoms with van der Waals surface area (Å²) < 4.78 is 7.39. The Morgan fingerprint density at radius 2 is 1.75 bits per heavy atom. The summed E-state index contributed by atoms with van der Waals surface area (Å²) in [6.07, 6.45) is 0. The second kappa shape index (κ2) is 8.67. The number of ether oxygens (including phenoxy) is 1. The zero-order chi connectivity index (χ0) is 19.7. The summed E-state index contributed by atoms with van der Waals surface area (Å²) in [5, 5.41) is 11.3. The number of hydrogen-bond acceptors (Lipinski definition) is 4. The highest BCUT2D eigenvalue weighted by Gasteiger charge is 2.25. The Bertz CT molecular complexity index is 991. The molecule has 3 aromatic rings. The molecule has 150 valence electrons. The second-order valence-electron chi connectivity index (χ2n) is 7.05. The van der Waals surface area contributed by atoms with E-state index in [0.717, 1.165) is 27.8 Å². The van der Waals surface area contributed by atoms with E-state index in [1.54, 1.807) is 13.0 Å². The van der Waals surface area contributed by atoms with Gasteiger partial charge in [-0.3, -0.25) is 0 Å². The number of benzene rings is 2. The number of hydrogen-bond donors (Lipinski definition) is 1. The van der Waals surface area contributed by atoms with Crippen molar-refractivity contribution in [1.82, 2.24) is 9.47 Å². The molecule has 0 bridgehead atoms. The molecule has 28 heavy (non-hydrogen) atoms. The van der Waals surface area contributed by atoms with Gasteiger partial charge < -0.3 is 19.3 Å². The van der Waals surface area contributed by atoms with E-state index in [0.29, 0.717) is 18.7 Å². The van der Waals surface area contributed by atoms with E-state index in [1.165, 1.54) is 5.56 Å². The summed E-state index contributed by atoms with van der Waals surface area (Å²) >= 11 is 0. The van der Waals surface area contributed by atoms with Gasteiger partial charge in [-0.25, -0.2) is 4.79 Å². The number of nitrogens with zero attached hydrogens (tertiary/aromatic N) is 2. The van der Waals surface area contributed by atoms with Crippen LogP contribution in [0.3, 0.4) is 0 Å². The summed E-state index contributed by atoms with van der Waals surface area (Å²) in [5.41, 5.74) is 5.08. The molecule has 1 N–H and O–H groups in total. The summed E-state index contributed by atoms with van der Waals surface area (Å²) in [4.78, 5) is 14.8. The number of aryl methyl sites for hydroxylation is 1. The number of carbonyl (C=O) groups excluding carboxylic acids is 1. The first-order valence-corrected chi connectivity index (χ1v) is 9.09. The normalized spacial score (nSPS) is 10.9. The molecular formula is C22H27ClN2O3. The molecule has 0 fully saturated rings. The first-order chi connectivity index (χ1) is 12.8. The molecule has 0 aliphatic rings. The van der Waals surface area contributed by atoms with Crippen molar-refractivity contribution in [3.8, 4) is 11.4 Å². The minimum atomic E-state index is -0.364. The second-order valence-corrected chi connectivity index (χ2v) is 7.05. The van der Waals surface area contributed by atoms with E-state index in [4.69, 9.17) is 4.74 Å². The zero-order valence-electron chi connectivity index (χ0n) is 16.9. The third-order valence-corrected chi connectivity index (χ3v) is 4.70. The molecule has 0 unspecified atom stereocenters. The minimum absolute atomic E-state index is 0. The lowest BCUT2D eigenvalue weighted by molar-refractivity contribution is 0.0527. The van der Waals surface area contributed by atoms with Gasteiger partial charge in [0.1, 0.15) is 5.75 Å². The minimum Gasteiger partial charge on any atom is -0.508 e. The highest BCUT2D eigenvalue weighted by molar-refractivity contribution is 6.08. The molecule has 5 nitrogen and oxygen atoms in total. The van der Waals surface area contributed by atoms with Crippen LogP contribution in [0, 0.1) is 13.8 Å². The highest BCUT2D eigenvalue weighted by atomic mass is 35.5. The molecule has 0 amide bonds. The summed E-state index contributed by atoms with van der Waals surface area (Å²) in [5.74, 6) is -0.181. The van der Waals surface area contributed by atoms with Crippen molar-refractivity contribution >= 4 is 29.3 Å². The SMILES string of the molecule is CCOC(=O)c1c(C)n(-c2ccc(C)cc2)c2ccc(O)c(CN(C)C)c12.Cl. The topological polar surface area (TPSA) is 54.7 Å². The van der Waals surface area contributed by atoms with Gasteiger partial charge >= 0.3 is 5.97 Å². The zero-order valence-corrected chi connectivity index (χ0v) is 17.8. The van der Waals surface area contributed by atoms with Crippen molar-refractivity contribution in [3.63, 3.8) is 0 Å². The van der Waals surface area contributed by atoms with Gasteiger partial charge in [0.15, 0.2) is 0 Å². The Labute approximate surface area is 171 Å². The smallest absolute Gasteiger partial charge is 0.340 e. The number of halogens is 1. The van der Waals surface area contributed by atoms with E-state index in [-0.39, 0.29) is 24.1 Å².